The van der Waals surface area contributed by atoms with Crippen molar-refractivity contribution in [2.24, 2.45) is 10.8 Å². The lowest BCUT2D eigenvalue weighted by atomic mass is 9.81. The summed E-state index contributed by atoms with van der Waals surface area (Å²) in [4.78, 5) is 28.9. The molecule has 0 saturated heterocycles. The van der Waals surface area contributed by atoms with E-state index in [9.17, 15) is 9.59 Å². The number of hydrogen-bond acceptors (Lipinski definition) is 2. The molecule has 7 aromatic carbocycles. The van der Waals surface area contributed by atoms with Crippen LogP contribution in [0.25, 0.3) is 82.6 Å². The van der Waals surface area contributed by atoms with Crippen molar-refractivity contribution in [2.45, 2.75) is 80.1 Å². The Balaban J connectivity index is 1.38. The van der Waals surface area contributed by atoms with Crippen LogP contribution in [0.3, 0.4) is 0 Å². The van der Waals surface area contributed by atoms with Crippen LogP contribution in [0.1, 0.15) is 110 Å². The molecule has 2 aromatic heterocycles. The third-order valence-electron chi connectivity index (χ3n) is 14.1. The quantitative estimate of drug-likeness (QED) is 0.168. The molecule has 0 spiro atoms. The molecule has 2 heterocycles. The Hall–Kier alpha value is -6.32. The molecule has 2 aliphatic rings. The molecule has 11 rings (SSSR count). The number of aromatic nitrogens is 1. The predicted octanol–water partition coefficient (Wildman–Crippen LogP) is 15.3. The highest BCUT2D eigenvalue weighted by Crippen LogP contribution is 2.54. The van der Waals surface area contributed by atoms with Gasteiger partial charge in [-0.05, 0) is 116 Å². The molecule has 9 aromatic rings. The summed E-state index contributed by atoms with van der Waals surface area (Å²) in [6, 6.07) is 46.3. The number of rotatable bonds is 6. The van der Waals surface area contributed by atoms with Gasteiger partial charge < -0.3 is 4.40 Å². The topological polar surface area (TPSA) is 38.5 Å². The second kappa shape index (κ2) is 13.1. The van der Waals surface area contributed by atoms with Gasteiger partial charge in [0.1, 0.15) is 0 Å². The minimum Gasteiger partial charge on any atom is -0.308 e. The molecule has 2 aliphatic carbocycles. The molecule has 0 atom stereocenters. The minimum absolute atomic E-state index is 0.191. The number of ketones is 2. The number of hydrogen-bond donors (Lipinski definition) is 0. The highest BCUT2D eigenvalue weighted by atomic mass is 16.1. The zero-order valence-electron chi connectivity index (χ0n) is 36.5. The summed E-state index contributed by atoms with van der Waals surface area (Å²) in [5.41, 5.74) is 18.2. The molecule has 0 unspecified atom stereocenters. The SMILES string of the molecule is CC(C)c1cc(-c2ccccc2)cc(C(C)C)c1-c1cc2c3c(-c4ccccc4)c4c(cc3n3c5cc6c(c(-c7ccccc7)c5c(c1)c23)CC(C)(C)C6=O)C(=O)C(C)(C)C4. The second-order valence-corrected chi connectivity index (χ2v) is 19.8. The van der Waals surface area contributed by atoms with Gasteiger partial charge in [-0.1, -0.05) is 159 Å². The molecule has 3 nitrogen and oxygen atoms in total. The number of nitrogens with zero attached hydrogens (tertiary/aromatic N) is 1. The minimum atomic E-state index is -0.516. The van der Waals surface area contributed by atoms with Crippen LogP contribution in [-0.2, 0) is 12.8 Å². The van der Waals surface area contributed by atoms with E-state index in [1.807, 2.05) is 0 Å². The summed E-state index contributed by atoms with van der Waals surface area (Å²) in [7, 11) is 0. The lowest BCUT2D eigenvalue weighted by molar-refractivity contribution is 0.0857. The summed E-state index contributed by atoms with van der Waals surface area (Å²) in [5.74, 6) is 0.913. The number of benzene rings is 7. The van der Waals surface area contributed by atoms with Crippen LogP contribution in [0.5, 0.6) is 0 Å². The Morgan fingerprint density at radius 2 is 0.852 bits per heavy atom. The van der Waals surface area contributed by atoms with E-state index in [-0.39, 0.29) is 23.4 Å². The molecule has 0 N–H and O–H groups in total. The van der Waals surface area contributed by atoms with Gasteiger partial charge in [0, 0.05) is 43.5 Å². The van der Waals surface area contributed by atoms with Crippen molar-refractivity contribution in [3.05, 3.63) is 161 Å². The van der Waals surface area contributed by atoms with Gasteiger partial charge in [-0.25, -0.2) is 0 Å². The average molecular weight is 794 g/mol. The molecule has 0 amide bonds. The van der Waals surface area contributed by atoms with Gasteiger partial charge >= 0.3 is 0 Å². The van der Waals surface area contributed by atoms with E-state index < -0.39 is 10.8 Å². The maximum absolute atomic E-state index is 14.4. The Kier molecular flexibility index (Phi) is 8.08. The van der Waals surface area contributed by atoms with Crippen molar-refractivity contribution >= 4 is 49.7 Å². The third-order valence-corrected chi connectivity index (χ3v) is 14.1. The smallest absolute Gasteiger partial charge is 0.169 e. The molecular weight excluding hydrogens is 743 g/mol. The van der Waals surface area contributed by atoms with Crippen molar-refractivity contribution in [1.82, 2.24) is 4.40 Å². The fraction of sp³-hybridized carbons (Fsp3) is 0.241. The first kappa shape index (κ1) is 37.7. The van der Waals surface area contributed by atoms with E-state index in [1.165, 1.54) is 54.9 Å². The molecule has 0 saturated carbocycles. The zero-order valence-corrected chi connectivity index (χ0v) is 36.5. The Bertz CT molecular complexity index is 3110. The normalized spacial score (nSPS) is 15.7. The molecule has 0 fully saturated rings. The van der Waals surface area contributed by atoms with E-state index in [4.69, 9.17) is 0 Å². The molecule has 61 heavy (non-hydrogen) atoms. The Labute approximate surface area is 358 Å². The first-order chi connectivity index (χ1) is 29.2. The fourth-order valence-electron chi connectivity index (χ4n) is 11.2. The Morgan fingerprint density at radius 1 is 0.459 bits per heavy atom. The van der Waals surface area contributed by atoms with Gasteiger partial charge in [0.15, 0.2) is 11.6 Å². The molecule has 0 radical (unpaired) electrons. The van der Waals surface area contributed by atoms with Crippen LogP contribution in [0.15, 0.2) is 127 Å². The van der Waals surface area contributed by atoms with Crippen LogP contribution in [-0.4, -0.2) is 16.0 Å². The average Bonchev–Trinajstić information content (AvgIpc) is 3.91. The summed E-state index contributed by atoms with van der Waals surface area (Å²) >= 11 is 0. The monoisotopic (exact) mass is 793 g/mol. The molecular formula is C58H51NO2. The maximum atomic E-state index is 14.4. The van der Waals surface area contributed by atoms with E-state index in [0.717, 1.165) is 61.1 Å². The summed E-state index contributed by atoms with van der Waals surface area (Å²) < 4.78 is 2.42. The van der Waals surface area contributed by atoms with Gasteiger partial charge in [-0.15, -0.1) is 0 Å². The number of carbonyl (C=O) groups is 2. The summed E-state index contributed by atoms with van der Waals surface area (Å²) in [5, 5.41) is 4.70. The van der Waals surface area contributed by atoms with Gasteiger partial charge in [0.2, 0.25) is 0 Å². The van der Waals surface area contributed by atoms with E-state index in [2.05, 4.69) is 187 Å². The molecule has 300 valence electrons. The summed E-state index contributed by atoms with van der Waals surface area (Å²) in [6.07, 6.45) is 1.37. The zero-order chi connectivity index (χ0) is 42.3. The van der Waals surface area contributed by atoms with Crippen molar-refractivity contribution in [3.8, 4) is 44.5 Å². The van der Waals surface area contributed by atoms with Crippen LogP contribution in [0, 0.1) is 10.8 Å². The number of Topliss-reactive ketones (excluding diaryl/α,β-unsaturated/α-hetero) is 2. The molecule has 3 heteroatoms. The standard InChI is InChI=1S/C58H51NO2/c1-32(2)39-24-37(34-18-12-9-13-19-34)25-40(33(3)4)49(39)38-26-43-52-47(28-41-45(30-57(5,6)55(41)60)50(52)35-20-14-10-15-21-35)59-48-29-42-46(31-58(7,8)56(42)61)51(36-22-16-11-17-23-36)53(48)44(27-38)54(43)59/h9-29,32-33H,30-31H2,1-8H3. The second-order valence-electron chi connectivity index (χ2n) is 19.8. The highest BCUT2D eigenvalue weighted by molar-refractivity contribution is 6.31. The van der Waals surface area contributed by atoms with Crippen molar-refractivity contribution in [3.63, 3.8) is 0 Å². The molecule has 0 aliphatic heterocycles. The highest BCUT2D eigenvalue weighted by Gasteiger charge is 2.43. The van der Waals surface area contributed by atoms with Crippen molar-refractivity contribution < 1.29 is 9.59 Å². The number of carbonyl (C=O) groups excluding carboxylic acids is 2. The van der Waals surface area contributed by atoms with Gasteiger partial charge in [0.05, 0.1) is 16.6 Å². The lowest BCUT2D eigenvalue weighted by Gasteiger charge is -2.23. The molecule has 0 bridgehead atoms. The van der Waals surface area contributed by atoms with Crippen molar-refractivity contribution in [1.29, 1.82) is 0 Å². The first-order valence-corrected chi connectivity index (χ1v) is 22.1. The fourth-order valence-corrected chi connectivity index (χ4v) is 11.2. The first-order valence-electron chi connectivity index (χ1n) is 22.1. The van der Waals surface area contributed by atoms with Crippen LogP contribution in [0.2, 0.25) is 0 Å². The van der Waals surface area contributed by atoms with Crippen LogP contribution < -0.4 is 0 Å². The van der Waals surface area contributed by atoms with Crippen LogP contribution >= 0.6 is 0 Å². The summed E-state index contributed by atoms with van der Waals surface area (Å²) in [6.45, 7) is 17.6. The Morgan fingerprint density at radius 3 is 1.25 bits per heavy atom. The predicted molar refractivity (Wildman–Crippen MR) is 255 cm³/mol. The third kappa shape index (κ3) is 5.35. The largest absolute Gasteiger partial charge is 0.308 e. The van der Waals surface area contributed by atoms with Crippen LogP contribution in [0.4, 0.5) is 0 Å². The number of fused-ring (bicyclic) bond motifs is 8. The van der Waals surface area contributed by atoms with Gasteiger partial charge in [-0.3, -0.25) is 9.59 Å². The van der Waals surface area contributed by atoms with E-state index >= 15 is 0 Å². The van der Waals surface area contributed by atoms with Gasteiger partial charge in [0.25, 0.3) is 0 Å². The van der Waals surface area contributed by atoms with E-state index in [0.29, 0.717) is 12.8 Å². The van der Waals surface area contributed by atoms with Crippen molar-refractivity contribution in [2.75, 3.05) is 0 Å². The van der Waals surface area contributed by atoms with E-state index in [1.54, 1.807) is 0 Å². The maximum Gasteiger partial charge on any atom is 0.169 e. The lowest BCUT2D eigenvalue weighted by Crippen LogP contribution is -2.18. The van der Waals surface area contributed by atoms with Gasteiger partial charge in [-0.2, -0.15) is 0 Å².